The zero-order valence-electron chi connectivity index (χ0n) is 10.0. The van der Waals surface area contributed by atoms with Gasteiger partial charge in [0.25, 0.3) is 0 Å². The summed E-state index contributed by atoms with van der Waals surface area (Å²) in [6.07, 6.45) is 0.0356. The summed E-state index contributed by atoms with van der Waals surface area (Å²) in [5.41, 5.74) is 0.945. The van der Waals surface area contributed by atoms with Crippen LogP contribution in [0.4, 0.5) is 0 Å². The number of benzene rings is 1. The van der Waals surface area contributed by atoms with Crippen LogP contribution in [0.25, 0.3) is 0 Å². The number of hydrogen-bond acceptors (Lipinski definition) is 3. The lowest BCUT2D eigenvalue weighted by Crippen LogP contribution is -2.41. The van der Waals surface area contributed by atoms with Crippen LogP contribution in [-0.2, 0) is 16.1 Å². The molecule has 5 heteroatoms. The molecule has 1 fully saturated rings. The number of likely N-dealkylation sites (tertiary alicyclic amines) is 1. The molecule has 1 saturated heterocycles. The number of carbonyl (C=O) groups is 2. The van der Waals surface area contributed by atoms with Gasteiger partial charge < -0.3 is 15.3 Å². The van der Waals surface area contributed by atoms with Crippen molar-refractivity contribution in [2.24, 2.45) is 0 Å². The lowest BCUT2D eigenvalue weighted by atomic mass is 10.2. The van der Waals surface area contributed by atoms with Gasteiger partial charge in [0.05, 0.1) is 6.10 Å². The van der Waals surface area contributed by atoms with E-state index >= 15 is 0 Å². The zero-order chi connectivity index (χ0) is 13.0. The Morgan fingerprint density at radius 1 is 1.33 bits per heavy atom. The van der Waals surface area contributed by atoms with E-state index < -0.39 is 17.9 Å². The molecule has 1 aromatic rings. The highest BCUT2D eigenvalue weighted by molar-refractivity contribution is 6.35. The van der Waals surface area contributed by atoms with Gasteiger partial charge in [-0.05, 0) is 12.0 Å². The lowest BCUT2D eigenvalue weighted by Gasteiger charge is -2.14. The molecular weight excluding hydrogens is 232 g/mol. The average Bonchev–Trinajstić information content (AvgIpc) is 2.83. The molecule has 1 aliphatic heterocycles. The van der Waals surface area contributed by atoms with Crippen LogP contribution < -0.4 is 5.32 Å². The molecule has 1 atom stereocenters. The van der Waals surface area contributed by atoms with Crippen molar-refractivity contribution in [3.8, 4) is 0 Å². The normalized spacial score (nSPS) is 18.7. The first-order chi connectivity index (χ1) is 8.66. The highest BCUT2D eigenvalue weighted by atomic mass is 16.3. The smallest absolute Gasteiger partial charge is 0.311 e. The van der Waals surface area contributed by atoms with Crippen molar-refractivity contribution in [1.82, 2.24) is 10.2 Å². The highest BCUT2D eigenvalue weighted by Crippen LogP contribution is 2.08. The molecular formula is C13H16N2O3. The summed E-state index contributed by atoms with van der Waals surface area (Å²) in [5.74, 6) is -1.18. The van der Waals surface area contributed by atoms with E-state index in [0.29, 0.717) is 19.5 Å². The Bertz CT molecular complexity index is 433. The summed E-state index contributed by atoms with van der Waals surface area (Å²) in [5, 5.41) is 11.9. The molecule has 0 radical (unpaired) electrons. The first kappa shape index (κ1) is 12.6. The van der Waals surface area contributed by atoms with Crippen LogP contribution in [0, 0.1) is 0 Å². The monoisotopic (exact) mass is 248 g/mol. The maximum atomic E-state index is 11.7. The zero-order valence-corrected chi connectivity index (χ0v) is 10.0. The van der Waals surface area contributed by atoms with E-state index in [4.69, 9.17) is 0 Å². The van der Waals surface area contributed by atoms with Crippen molar-refractivity contribution < 1.29 is 14.7 Å². The fourth-order valence-corrected chi connectivity index (χ4v) is 1.92. The summed E-state index contributed by atoms with van der Waals surface area (Å²) >= 11 is 0. The fraction of sp³-hybridized carbons (Fsp3) is 0.385. The van der Waals surface area contributed by atoms with E-state index in [1.54, 1.807) is 0 Å². The minimum Gasteiger partial charge on any atom is -0.391 e. The number of rotatable bonds is 2. The molecule has 1 unspecified atom stereocenters. The molecule has 1 heterocycles. The molecule has 0 bridgehead atoms. The number of amides is 2. The van der Waals surface area contributed by atoms with E-state index in [2.05, 4.69) is 5.32 Å². The van der Waals surface area contributed by atoms with Gasteiger partial charge >= 0.3 is 11.8 Å². The van der Waals surface area contributed by atoms with Gasteiger partial charge in [-0.15, -0.1) is 0 Å². The van der Waals surface area contributed by atoms with Crippen molar-refractivity contribution in [1.29, 1.82) is 0 Å². The van der Waals surface area contributed by atoms with Crippen molar-refractivity contribution in [3.63, 3.8) is 0 Å². The van der Waals surface area contributed by atoms with Crippen molar-refractivity contribution in [2.45, 2.75) is 19.1 Å². The second-order valence-electron chi connectivity index (χ2n) is 4.36. The Morgan fingerprint density at radius 3 is 2.67 bits per heavy atom. The topological polar surface area (TPSA) is 69.6 Å². The quantitative estimate of drug-likeness (QED) is 0.718. The van der Waals surface area contributed by atoms with Gasteiger partial charge in [-0.2, -0.15) is 0 Å². The Morgan fingerprint density at radius 2 is 2.06 bits per heavy atom. The van der Waals surface area contributed by atoms with Gasteiger partial charge in [0.15, 0.2) is 0 Å². The molecule has 1 aliphatic rings. The maximum Gasteiger partial charge on any atom is 0.311 e. The molecule has 0 spiro atoms. The predicted molar refractivity (Wildman–Crippen MR) is 65.5 cm³/mol. The number of β-amino-alcohol motifs (C(OH)–C–C–N with tert-alkyl or cyclic N) is 1. The summed E-state index contributed by atoms with van der Waals surface area (Å²) in [6.45, 7) is 1.03. The van der Waals surface area contributed by atoms with E-state index in [9.17, 15) is 14.7 Å². The van der Waals surface area contributed by atoms with E-state index in [1.807, 2.05) is 30.3 Å². The molecule has 1 aromatic carbocycles. The number of nitrogens with one attached hydrogen (secondary N) is 1. The third-order valence-corrected chi connectivity index (χ3v) is 2.94. The minimum absolute atomic E-state index is 0.248. The van der Waals surface area contributed by atoms with Gasteiger partial charge in [0.1, 0.15) is 0 Å². The van der Waals surface area contributed by atoms with Crippen LogP contribution in [0.2, 0.25) is 0 Å². The average molecular weight is 248 g/mol. The van der Waals surface area contributed by atoms with Crippen molar-refractivity contribution >= 4 is 11.8 Å². The van der Waals surface area contributed by atoms with Crippen LogP contribution in [-0.4, -0.2) is 41.0 Å². The van der Waals surface area contributed by atoms with Gasteiger partial charge in [-0.3, -0.25) is 9.59 Å². The summed E-state index contributed by atoms with van der Waals surface area (Å²) in [7, 11) is 0. The summed E-state index contributed by atoms with van der Waals surface area (Å²) in [6, 6.07) is 9.40. The second kappa shape index (κ2) is 5.64. The molecule has 2 amide bonds. The molecule has 5 nitrogen and oxygen atoms in total. The number of aliphatic hydroxyl groups is 1. The SMILES string of the molecule is O=C(NCc1ccccc1)C(=O)N1CCC(O)C1. The number of aliphatic hydroxyl groups excluding tert-OH is 1. The van der Waals surface area contributed by atoms with Gasteiger partial charge in [0.2, 0.25) is 0 Å². The van der Waals surface area contributed by atoms with Gasteiger partial charge in [0, 0.05) is 19.6 Å². The van der Waals surface area contributed by atoms with Crippen molar-refractivity contribution in [3.05, 3.63) is 35.9 Å². The molecule has 2 N–H and O–H groups in total. The third-order valence-electron chi connectivity index (χ3n) is 2.94. The fourth-order valence-electron chi connectivity index (χ4n) is 1.92. The first-order valence-corrected chi connectivity index (χ1v) is 5.96. The molecule has 2 rings (SSSR count). The predicted octanol–water partition coefficient (Wildman–Crippen LogP) is -0.104. The Balaban J connectivity index is 1.83. The maximum absolute atomic E-state index is 11.7. The van der Waals surface area contributed by atoms with E-state index in [0.717, 1.165) is 5.56 Å². The van der Waals surface area contributed by atoms with Gasteiger partial charge in [-0.25, -0.2) is 0 Å². The lowest BCUT2D eigenvalue weighted by molar-refractivity contribution is -0.145. The second-order valence-corrected chi connectivity index (χ2v) is 4.36. The molecule has 0 aromatic heterocycles. The van der Waals surface area contributed by atoms with Crippen LogP contribution in [0.15, 0.2) is 30.3 Å². The number of nitrogens with zero attached hydrogens (tertiary/aromatic N) is 1. The molecule has 18 heavy (non-hydrogen) atoms. The van der Waals surface area contributed by atoms with Gasteiger partial charge in [-0.1, -0.05) is 30.3 Å². The summed E-state index contributed by atoms with van der Waals surface area (Å²) in [4.78, 5) is 24.7. The van der Waals surface area contributed by atoms with Crippen LogP contribution in [0.1, 0.15) is 12.0 Å². The van der Waals surface area contributed by atoms with E-state index in [-0.39, 0.29) is 6.54 Å². The minimum atomic E-state index is -0.618. The first-order valence-electron chi connectivity index (χ1n) is 5.96. The van der Waals surface area contributed by atoms with E-state index in [1.165, 1.54) is 4.90 Å². The third kappa shape index (κ3) is 3.07. The Kier molecular flexibility index (Phi) is 3.94. The standard InChI is InChI=1S/C13H16N2O3/c16-11-6-7-15(9-11)13(18)12(17)14-8-10-4-2-1-3-5-10/h1-5,11,16H,6-9H2,(H,14,17). The van der Waals surface area contributed by atoms with Crippen LogP contribution in [0.5, 0.6) is 0 Å². The van der Waals surface area contributed by atoms with Crippen molar-refractivity contribution in [2.75, 3.05) is 13.1 Å². The number of carbonyl (C=O) groups excluding carboxylic acids is 2. The molecule has 0 aliphatic carbocycles. The van der Waals surface area contributed by atoms with Crippen LogP contribution in [0.3, 0.4) is 0 Å². The Hall–Kier alpha value is -1.88. The summed E-state index contributed by atoms with van der Waals surface area (Å²) < 4.78 is 0. The Labute approximate surface area is 105 Å². The number of hydrogen-bond donors (Lipinski definition) is 2. The molecule has 96 valence electrons. The highest BCUT2D eigenvalue weighted by Gasteiger charge is 2.28. The largest absolute Gasteiger partial charge is 0.391 e. The molecule has 0 saturated carbocycles. The van der Waals surface area contributed by atoms with Crippen LogP contribution >= 0.6 is 0 Å².